The lowest BCUT2D eigenvalue weighted by Gasteiger charge is -2.12. The van der Waals surface area contributed by atoms with Crippen molar-refractivity contribution in [1.29, 1.82) is 0 Å². The van der Waals surface area contributed by atoms with E-state index >= 15 is 0 Å². The number of ether oxygens (including phenoxy) is 2. The van der Waals surface area contributed by atoms with Gasteiger partial charge in [-0.1, -0.05) is 13.3 Å². The van der Waals surface area contributed by atoms with Crippen LogP contribution in [0.2, 0.25) is 0 Å². The average Bonchev–Trinajstić information content (AvgIpc) is 2.58. The molecule has 25 heavy (non-hydrogen) atoms. The van der Waals surface area contributed by atoms with E-state index in [4.69, 9.17) is 9.47 Å². The van der Waals surface area contributed by atoms with Gasteiger partial charge in [-0.25, -0.2) is 0 Å². The molecule has 5 heteroatoms. The van der Waals surface area contributed by atoms with Gasteiger partial charge in [0.15, 0.2) is 0 Å². The maximum Gasteiger partial charge on any atom is 0.255 e. The Morgan fingerprint density at radius 1 is 1.16 bits per heavy atom. The molecule has 0 unspecified atom stereocenters. The summed E-state index contributed by atoms with van der Waals surface area (Å²) in [5.41, 5.74) is 1.29. The highest BCUT2D eigenvalue weighted by molar-refractivity contribution is 9.10. The van der Waals surface area contributed by atoms with Crippen LogP contribution < -0.4 is 14.8 Å². The summed E-state index contributed by atoms with van der Waals surface area (Å²) in [6, 6.07) is 12.7. The standard InChI is InChI=1S/C20H24BrNO3/c1-4-5-12-24-17-9-7-16(8-10-17)22-20(23)15-6-11-19(18(21)13-15)25-14(2)3/h6-11,13-14H,4-5,12H2,1-3H3,(H,22,23). The van der Waals surface area contributed by atoms with Crippen LogP contribution in [0.15, 0.2) is 46.9 Å². The first-order valence-corrected chi connectivity index (χ1v) is 9.29. The van der Waals surface area contributed by atoms with Crippen molar-refractivity contribution >= 4 is 27.5 Å². The van der Waals surface area contributed by atoms with Crippen molar-refractivity contribution in [2.24, 2.45) is 0 Å². The molecule has 0 aliphatic heterocycles. The van der Waals surface area contributed by atoms with Gasteiger partial charge in [0.25, 0.3) is 5.91 Å². The highest BCUT2D eigenvalue weighted by Gasteiger charge is 2.10. The quantitative estimate of drug-likeness (QED) is 0.575. The van der Waals surface area contributed by atoms with E-state index in [2.05, 4.69) is 28.2 Å². The largest absolute Gasteiger partial charge is 0.494 e. The number of hydrogen-bond acceptors (Lipinski definition) is 3. The highest BCUT2D eigenvalue weighted by Crippen LogP contribution is 2.27. The Morgan fingerprint density at radius 2 is 1.88 bits per heavy atom. The minimum absolute atomic E-state index is 0.0778. The van der Waals surface area contributed by atoms with E-state index in [1.807, 2.05) is 38.1 Å². The number of hydrogen-bond donors (Lipinski definition) is 1. The van der Waals surface area contributed by atoms with Crippen molar-refractivity contribution in [3.8, 4) is 11.5 Å². The van der Waals surface area contributed by atoms with Gasteiger partial charge in [-0.15, -0.1) is 0 Å². The van der Waals surface area contributed by atoms with E-state index in [1.54, 1.807) is 18.2 Å². The van der Waals surface area contributed by atoms with Crippen LogP contribution in [0.3, 0.4) is 0 Å². The molecule has 4 nitrogen and oxygen atoms in total. The Labute approximate surface area is 157 Å². The number of rotatable bonds is 8. The van der Waals surface area contributed by atoms with Gasteiger partial charge in [0.2, 0.25) is 0 Å². The summed E-state index contributed by atoms with van der Waals surface area (Å²) < 4.78 is 12.0. The van der Waals surface area contributed by atoms with Gasteiger partial charge in [0.1, 0.15) is 11.5 Å². The fraction of sp³-hybridized carbons (Fsp3) is 0.350. The number of amides is 1. The molecule has 2 aromatic carbocycles. The number of anilines is 1. The first kappa shape index (κ1) is 19.3. The predicted molar refractivity (Wildman–Crippen MR) is 105 cm³/mol. The maximum absolute atomic E-state index is 12.4. The van der Waals surface area contributed by atoms with Crippen molar-refractivity contribution in [1.82, 2.24) is 0 Å². The zero-order valence-corrected chi connectivity index (χ0v) is 16.4. The number of carbonyl (C=O) groups is 1. The summed E-state index contributed by atoms with van der Waals surface area (Å²) in [6.45, 7) is 6.76. The molecule has 0 bridgehead atoms. The van der Waals surface area contributed by atoms with Crippen molar-refractivity contribution < 1.29 is 14.3 Å². The Kier molecular flexibility index (Phi) is 7.31. The summed E-state index contributed by atoms with van der Waals surface area (Å²) in [5, 5.41) is 2.88. The molecular weight excluding hydrogens is 382 g/mol. The first-order valence-electron chi connectivity index (χ1n) is 8.50. The van der Waals surface area contributed by atoms with Gasteiger partial charge in [0.05, 0.1) is 17.2 Å². The molecule has 0 heterocycles. The Balaban J connectivity index is 1.98. The zero-order valence-electron chi connectivity index (χ0n) is 14.8. The molecule has 0 saturated carbocycles. The normalized spacial score (nSPS) is 10.6. The number of carbonyl (C=O) groups excluding carboxylic acids is 1. The second-order valence-electron chi connectivity index (χ2n) is 5.99. The van der Waals surface area contributed by atoms with Gasteiger partial charge in [-0.3, -0.25) is 4.79 Å². The summed E-state index contributed by atoms with van der Waals surface area (Å²) in [5.74, 6) is 1.36. The Hall–Kier alpha value is -2.01. The fourth-order valence-electron chi connectivity index (χ4n) is 2.16. The summed E-state index contributed by atoms with van der Waals surface area (Å²) in [4.78, 5) is 12.4. The van der Waals surface area contributed by atoms with E-state index < -0.39 is 0 Å². The number of nitrogens with one attached hydrogen (secondary N) is 1. The molecule has 0 aliphatic rings. The molecular formula is C20H24BrNO3. The third-order valence-electron chi connectivity index (χ3n) is 3.44. The van der Waals surface area contributed by atoms with Crippen molar-refractivity contribution in [2.75, 3.05) is 11.9 Å². The minimum Gasteiger partial charge on any atom is -0.494 e. The number of halogens is 1. The molecule has 1 N–H and O–H groups in total. The third-order valence-corrected chi connectivity index (χ3v) is 4.06. The molecule has 0 aliphatic carbocycles. The lowest BCUT2D eigenvalue weighted by Crippen LogP contribution is -2.12. The zero-order chi connectivity index (χ0) is 18.2. The number of benzene rings is 2. The van der Waals surface area contributed by atoms with E-state index in [0.717, 1.165) is 34.5 Å². The van der Waals surface area contributed by atoms with E-state index in [0.29, 0.717) is 12.2 Å². The van der Waals surface area contributed by atoms with Crippen molar-refractivity contribution in [2.45, 2.75) is 39.7 Å². The summed E-state index contributed by atoms with van der Waals surface area (Å²) >= 11 is 3.45. The molecule has 1 amide bonds. The maximum atomic E-state index is 12.4. The smallest absolute Gasteiger partial charge is 0.255 e. The van der Waals surface area contributed by atoms with Crippen LogP contribution >= 0.6 is 15.9 Å². The van der Waals surface area contributed by atoms with Crippen molar-refractivity contribution in [3.63, 3.8) is 0 Å². The topological polar surface area (TPSA) is 47.6 Å². The third kappa shape index (κ3) is 6.09. The second-order valence-corrected chi connectivity index (χ2v) is 6.85. The molecule has 0 radical (unpaired) electrons. The minimum atomic E-state index is -0.170. The summed E-state index contributed by atoms with van der Waals surface area (Å²) in [6.07, 6.45) is 2.21. The average molecular weight is 406 g/mol. The van der Waals surface area contributed by atoms with Crippen LogP contribution in [0, 0.1) is 0 Å². The molecule has 0 saturated heterocycles. The van der Waals surface area contributed by atoms with Gasteiger partial charge < -0.3 is 14.8 Å². The lowest BCUT2D eigenvalue weighted by atomic mass is 10.2. The predicted octanol–water partition coefficient (Wildman–Crippen LogP) is 5.67. The lowest BCUT2D eigenvalue weighted by molar-refractivity contribution is 0.102. The molecule has 0 fully saturated rings. The van der Waals surface area contributed by atoms with Crippen molar-refractivity contribution in [3.05, 3.63) is 52.5 Å². The summed E-state index contributed by atoms with van der Waals surface area (Å²) in [7, 11) is 0. The van der Waals surface area contributed by atoms with Gasteiger partial charge in [-0.05, 0) is 78.7 Å². The molecule has 0 spiro atoms. The van der Waals surface area contributed by atoms with Crippen LogP contribution in [0.1, 0.15) is 44.0 Å². The Bertz CT molecular complexity index is 699. The van der Waals surface area contributed by atoms with Gasteiger partial charge >= 0.3 is 0 Å². The molecule has 2 rings (SSSR count). The molecule has 2 aromatic rings. The van der Waals surface area contributed by atoms with Crippen LogP contribution in [-0.2, 0) is 0 Å². The monoisotopic (exact) mass is 405 g/mol. The van der Waals surface area contributed by atoms with E-state index in [9.17, 15) is 4.79 Å². The van der Waals surface area contributed by atoms with E-state index in [-0.39, 0.29) is 12.0 Å². The SMILES string of the molecule is CCCCOc1ccc(NC(=O)c2ccc(OC(C)C)c(Br)c2)cc1. The highest BCUT2D eigenvalue weighted by atomic mass is 79.9. The second kappa shape index (κ2) is 9.47. The first-order chi connectivity index (χ1) is 12.0. The molecule has 0 aromatic heterocycles. The van der Waals surface area contributed by atoms with Crippen LogP contribution in [0.4, 0.5) is 5.69 Å². The van der Waals surface area contributed by atoms with Crippen LogP contribution in [0.25, 0.3) is 0 Å². The van der Waals surface area contributed by atoms with Gasteiger partial charge in [0, 0.05) is 11.3 Å². The Morgan fingerprint density at radius 3 is 2.48 bits per heavy atom. The fourth-order valence-corrected chi connectivity index (χ4v) is 2.64. The van der Waals surface area contributed by atoms with Gasteiger partial charge in [-0.2, -0.15) is 0 Å². The van der Waals surface area contributed by atoms with Crippen LogP contribution in [-0.4, -0.2) is 18.6 Å². The van der Waals surface area contributed by atoms with E-state index in [1.165, 1.54) is 0 Å². The molecule has 134 valence electrons. The molecule has 0 atom stereocenters. The van der Waals surface area contributed by atoms with Crippen LogP contribution in [0.5, 0.6) is 11.5 Å². The number of unbranched alkanes of at least 4 members (excludes halogenated alkanes) is 1.